The number of sulfonamides is 1. The van der Waals surface area contributed by atoms with E-state index in [1.807, 2.05) is 13.8 Å². The van der Waals surface area contributed by atoms with Crippen molar-refractivity contribution in [2.24, 2.45) is 11.1 Å². The quantitative estimate of drug-likeness (QED) is 0.868. The maximum absolute atomic E-state index is 12.7. The fourth-order valence-electron chi connectivity index (χ4n) is 2.51. The van der Waals surface area contributed by atoms with Crippen LogP contribution in [-0.4, -0.2) is 31.9 Å². The maximum Gasteiger partial charge on any atom is 0.416 e. The van der Waals surface area contributed by atoms with Crippen LogP contribution in [0.3, 0.4) is 0 Å². The van der Waals surface area contributed by atoms with Gasteiger partial charge in [-0.25, -0.2) is 8.42 Å². The normalized spacial score (nSPS) is 22.4. The van der Waals surface area contributed by atoms with Gasteiger partial charge in [0.05, 0.1) is 10.5 Å². The summed E-state index contributed by atoms with van der Waals surface area (Å²) in [5.74, 6) is 0. The molecule has 23 heavy (non-hydrogen) atoms. The third-order valence-corrected chi connectivity index (χ3v) is 5.92. The Morgan fingerprint density at radius 2 is 1.91 bits per heavy atom. The van der Waals surface area contributed by atoms with Crippen LogP contribution in [0.2, 0.25) is 0 Å². The monoisotopic (exact) mass is 372 g/mol. The van der Waals surface area contributed by atoms with E-state index in [-0.39, 0.29) is 36.4 Å². The molecule has 0 spiro atoms. The van der Waals surface area contributed by atoms with Gasteiger partial charge in [-0.3, -0.25) is 0 Å². The number of halogens is 4. The number of nitrogens with zero attached hydrogens (tertiary/aromatic N) is 1. The average Bonchev–Trinajstić information content (AvgIpc) is 2.41. The van der Waals surface area contributed by atoms with E-state index in [9.17, 15) is 21.6 Å². The van der Waals surface area contributed by atoms with Crippen LogP contribution < -0.4 is 5.73 Å². The van der Waals surface area contributed by atoms with Gasteiger partial charge in [-0.05, 0) is 30.0 Å². The SMILES string of the molecule is CC1(C)CN(S(=O)(=O)c2cccc(C(F)(F)F)c2)CCC1N.Cl. The van der Waals surface area contributed by atoms with Crippen LogP contribution in [0.25, 0.3) is 0 Å². The molecule has 4 nitrogen and oxygen atoms in total. The van der Waals surface area contributed by atoms with E-state index in [4.69, 9.17) is 5.73 Å². The second-order valence-electron chi connectivity index (χ2n) is 6.25. The summed E-state index contributed by atoms with van der Waals surface area (Å²) in [4.78, 5) is -0.339. The van der Waals surface area contributed by atoms with Crippen molar-refractivity contribution in [2.45, 2.75) is 37.4 Å². The Morgan fingerprint density at radius 1 is 1.30 bits per heavy atom. The molecule has 0 bridgehead atoms. The first-order valence-corrected chi connectivity index (χ1v) is 8.31. The third-order valence-electron chi connectivity index (χ3n) is 4.08. The molecule has 0 radical (unpaired) electrons. The molecule has 0 saturated carbocycles. The molecule has 132 valence electrons. The summed E-state index contributed by atoms with van der Waals surface area (Å²) in [6.07, 6.45) is -4.10. The highest BCUT2D eigenvalue weighted by atomic mass is 35.5. The minimum atomic E-state index is -4.57. The summed E-state index contributed by atoms with van der Waals surface area (Å²) < 4.78 is 64.6. The highest BCUT2D eigenvalue weighted by molar-refractivity contribution is 7.89. The van der Waals surface area contributed by atoms with Crippen molar-refractivity contribution in [3.63, 3.8) is 0 Å². The lowest BCUT2D eigenvalue weighted by molar-refractivity contribution is -0.137. The lowest BCUT2D eigenvalue weighted by atomic mass is 9.81. The summed E-state index contributed by atoms with van der Waals surface area (Å²) >= 11 is 0. The predicted molar refractivity (Wildman–Crippen MR) is 83.8 cm³/mol. The minimum Gasteiger partial charge on any atom is -0.327 e. The van der Waals surface area contributed by atoms with Crippen LogP contribution in [0.4, 0.5) is 13.2 Å². The van der Waals surface area contributed by atoms with Crippen LogP contribution in [0, 0.1) is 5.41 Å². The van der Waals surface area contributed by atoms with Crippen LogP contribution >= 0.6 is 12.4 Å². The van der Waals surface area contributed by atoms with Gasteiger partial charge in [0.15, 0.2) is 0 Å². The lowest BCUT2D eigenvalue weighted by Crippen LogP contribution is -2.53. The molecule has 0 amide bonds. The van der Waals surface area contributed by atoms with E-state index in [1.165, 1.54) is 10.4 Å². The van der Waals surface area contributed by atoms with Crippen molar-refractivity contribution < 1.29 is 21.6 Å². The number of benzene rings is 1. The number of hydrogen-bond acceptors (Lipinski definition) is 3. The second-order valence-corrected chi connectivity index (χ2v) is 8.19. The zero-order chi connectivity index (χ0) is 16.8. The molecule has 1 fully saturated rings. The lowest BCUT2D eigenvalue weighted by Gasteiger charge is -2.41. The molecule has 1 aliphatic heterocycles. The van der Waals surface area contributed by atoms with Gasteiger partial charge in [-0.1, -0.05) is 19.9 Å². The van der Waals surface area contributed by atoms with Crippen LogP contribution in [0.15, 0.2) is 29.2 Å². The Kier molecular flexibility index (Phi) is 5.79. The van der Waals surface area contributed by atoms with E-state index < -0.39 is 27.2 Å². The molecular formula is C14H20ClF3N2O2S. The predicted octanol–water partition coefficient (Wildman–Crippen LogP) is 2.88. The topological polar surface area (TPSA) is 63.4 Å². The smallest absolute Gasteiger partial charge is 0.327 e. The molecule has 2 rings (SSSR count). The van der Waals surface area contributed by atoms with Gasteiger partial charge in [-0.2, -0.15) is 17.5 Å². The summed E-state index contributed by atoms with van der Waals surface area (Å²) in [6, 6.07) is 3.69. The summed E-state index contributed by atoms with van der Waals surface area (Å²) in [6.45, 7) is 4.10. The van der Waals surface area contributed by atoms with Crippen molar-refractivity contribution in [3.05, 3.63) is 29.8 Å². The Labute approximate surface area is 140 Å². The van der Waals surface area contributed by atoms with E-state index in [0.717, 1.165) is 12.1 Å². The molecular weight excluding hydrogens is 353 g/mol. The molecule has 1 unspecified atom stereocenters. The largest absolute Gasteiger partial charge is 0.416 e. The fraction of sp³-hybridized carbons (Fsp3) is 0.571. The highest BCUT2D eigenvalue weighted by Gasteiger charge is 2.39. The number of alkyl halides is 3. The molecule has 1 aromatic carbocycles. The van der Waals surface area contributed by atoms with Gasteiger partial charge >= 0.3 is 6.18 Å². The molecule has 0 aliphatic carbocycles. The summed E-state index contributed by atoms with van der Waals surface area (Å²) in [7, 11) is -3.96. The fourth-order valence-corrected chi connectivity index (χ4v) is 4.18. The van der Waals surface area contributed by atoms with E-state index in [0.29, 0.717) is 12.5 Å². The Morgan fingerprint density at radius 3 is 2.43 bits per heavy atom. The molecule has 1 heterocycles. The number of nitrogens with two attached hydrogens (primary N) is 1. The number of hydrogen-bond donors (Lipinski definition) is 1. The van der Waals surface area contributed by atoms with Crippen molar-refractivity contribution in [1.82, 2.24) is 4.31 Å². The molecule has 1 aromatic rings. The summed E-state index contributed by atoms with van der Waals surface area (Å²) in [5, 5.41) is 0. The molecule has 1 saturated heterocycles. The molecule has 2 N–H and O–H groups in total. The number of rotatable bonds is 2. The van der Waals surface area contributed by atoms with Gasteiger partial charge in [0, 0.05) is 19.1 Å². The first-order valence-electron chi connectivity index (χ1n) is 6.87. The van der Waals surface area contributed by atoms with Gasteiger partial charge in [0.2, 0.25) is 10.0 Å². The van der Waals surface area contributed by atoms with E-state index in [1.54, 1.807) is 0 Å². The van der Waals surface area contributed by atoms with Gasteiger partial charge in [0.25, 0.3) is 0 Å². The molecule has 9 heteroatoms. The van der Waals surface area contributed by atoms with Gasteiger partial charge in [-0.15, -0.1) is 12.4 Å². The highest BCUT2D eigenvalue weighted by Crippen LogP contribution is 2.34. The Balaban J connectivity index is 0.00000264. The molecule has 1 atom stereocenters. The van der Waals surface area contributed by atoms with E-state index in [2.05, 4.69) is 0 Å². The van der Waals surface area contributed by atoms with Crippen molar-refractivity contribution in [2.75, 3.05) is 13.1 Å². The van der Waals surface area contributed by atoms with Crippen LogP contribution in [-0.2, 0) is 16.2 Å². The van der Waals surface area contributed by atoms with Crippen molar-refractivity contribution in [3.8, 4) is 0 Å². The Bertz CT molecular complexity index is 662. The summed E-state index contributed by atoms with van der Waals surface area (Å²) in [5.41, 5.74) is 4.57. The minimum absolute atomic E-state index is 0. The van der Waals surface area contributed by atoms with Crippen LogP contribution in [0.5, 0.6) is 0 Å². The zero-order valence-corrected chi connectivity index (χ0v) is 14.4. The zero-order valence-electron chi connectivity index (χ0n) is 12.8. The van der Waals surface area contributed by atoms with Crippen molar-refractivity contribution in [1.29, 1.82) is 0 Å². The standard InChI is InChI=1S/C14H19F3N2O2S.ClH/c1-13(2)9-19(7-6-12(13)18)22(20,21)11-5-3-4-10(8-11)14(15,16)17;/h3-5,8,12H,6-7,9,18H2,1-2H3;1H. The second kappa shape index (κ2) is 6.58. The number of piperidine rings is 1. The van der Waals surface area contributed by atoms with Crippen molar-refractivity contribution >= 4 is 22.4 Å². The maximum atomic E-state index is 12.7. The first-order chi connectivity index (χ1) is 9.94. The molecule has 1 aliphatic rings. The first kappa shape index (κ1) is 20.2. The van der Waals surface area contributed by atoms with Gasteiger partial charge < -0.3 is 5.73 Å². The average molecular weight is 373 g/mol. The third kappa shape index (κ3) is 4.17. The van der Waals surface area contributed by atoms with Crippen LogP contribution in [0.1, 0.15) is 25.8 Å². The Hall–Kier alpha value is -0.830. The van der Waals surface area contributed by atoms with E-state index >= 15 is 0 Å². The molecule has 0 aromatic heterocycles. The van der Waals surface area contributed by atoms with Gasteiger partial charge in [0.1, 0.15) is 0 Å².